The van der Waals surface area contributed by atoms with E-state index in [4.69, 9.17) is 28.4 Å². The predicted octanol–water partition coefficient (Wildman–Crippen LogP) is 29.7. The molecule has 21 heterocycles. The molecule has 0 saturated carbocycles. The minimum Gasteiger partial charge on any atom is -0.488 e. The van der Waals surface area contributed by atoms with Crippen LogP contribution in [0.4, 0.5) is 0 Å². The summed E-state index contributed by atoms with van der Waals surface area (Å²) in [6.07, 6.45) is 0. The number of hydrogen-bond acceptors (Lipinski definition) is 6. The first-order chi connectivity index (χ1) is 59.4. The van der Waals surface area contributed by atoms with Gasteiger partial charge in [-0.25, -0.2) is 0 Å². The maximum absolute atomic E-state index is 7.14. The van der Waals surface area contributed by atoms with E-state index in [1.807, 2.05) is 0 Å². The molecule has 20 aromatic rings. The highest BCUT2D eigenvalue weighted by molar-refractivity contribution is 6.13. The van der Waals surface area contributed by atoms with Crippen molar-refractivity contribution in [2.45, 2.75) is 39.6 Å². The number of rotatable bonds is 0. The zero-order chi connectivity index (χ0) is 79.4. The SMILES string of the molecule is c1ccc2c3c(ccc2c1)OCc1ccc(cc1)-c1cc2cc(c1)-c1ccc(cc1)COc1ccc4ccccc4c1-c1c(ccc4ccccc14)OCc1ccc(cc1)-c1cc(cc(c1)-c1ccc(cc1)COc1ccc4ccccc4c1-c1c(ccc4ccccc14)OCc1ccc-2cc1)-c1ccc(cc1)COc1ccc2ccccc2c1-3. The van der Waals surface area contributed by atoms with Gasteiger partial charge in [0.15, 0.2) is 0 Å². The van der Waals surface area contributed by atoms with Crippen molar-refractivity contribution in [1.29, 1.82) is 0 Å². The van der Waals surface area contributed by atoms with Crippen molar-refractivity contribution in [3.8, 4) is 135 Å². The Morgan fingerprint density at radius 3 is 0.417 bits per heavy atom. The summed E-state index contributed by atoms with van der Waals surface area (Å²) in [6.45, 7) is 2.01. The first kappa shape index (κ1) is 71.3. The van der Waals surface area contributed by atoms with Crippen LogP contribution in [0.3, 0.4) is 0 Å². The van der Waals surface area contributed by atoms with Crippen LogP contribution < -0.4 is 28.4 Å². The van der Waals surface area contributed by atoms with E-state index >= 15 is 0 Å². The normalized spacial score (nSPS) is 12.7. The minimum absolute atomic E-state index is 0.334. The maximum atomic E-state index is 7.14. The van der Waals surface area contributed by atoms with E-state index < -0.39 is 0 Å². The van der Waals surface area contributed by atoms with Gasteiger partial charge in [0.05, 0.1) is 0 Å². The highest BCUT2D eigenvalue weighted by Gasteiger charge is 2.25. The van der Waals surface area contributed by atoms with Gasteiger partial charge >= 0.3 is 0 Å². The first-order valence-corrected chi connectivity index (χ1v) is 41.1. The van der Waals surface area contributed by atoms with Gasteiger partial charge in [-0.2, -0.15) is 0 Å². The molecule has 18 bridgehead atoms. The van der Waals surface area contributed by atoms with Gasteiger partial charge in [0.1, 0.15) is 74.1 Å². The zero-order valence-electron chi connectivity index (χ0n) is 65.8. The van der Waals surface area contributed by atoms with Crippen LogP contribution in [0, 0.1) is 0 Å². The van der Waals surface area contributed by atoms with Gasteiger partial charge in [-0.3, -0.25) is 0 Å². The summed E-state index contributed by atoms with van der Waals surface area (Å²) >= 11 is 0. The molecule has 0 spiro atoms. The Balaban J connectivity index is 0.717. The third-order valence-corrected chi connectivity index (χ3v) is 24.1. The summed E-state index contributed by atoms with van der Waals surface area (Å²) in [7, 11) is 0. The molecule has 21 aliphatic heterocycles. The van der Waals surface area contributed by atoms with Gasteiger partial charge in [0.2, 0.25) is 0 Å². The molecule has 0 unspecified atom stereocenters. The molecule has 41 rings (SSSR count). The summed E-state index contributed by atoms with van der Waals surface area (Å²) in [5.74, 6) is 4.62. The molecule has 21 aliphatic rings. The second kappa shape index (κ2) is 30.8. The number of ether oxygens (including phenoxy) is 6. The van der Waals surface area contributed by atoms with Gasteiger partial charge in [-0.1, -0.05) is 328 Å². The van der Waals surface area contributed by atoms with Gasteiger partial charge < -0.3 is 28.4 Å². The van der Waals surface area contributed by atoms with Crippen molar-refractivity contribution in [2.75, 3.05) is 0 Å². The molecule has 6 heteroatoms. The van der Waals surface area contributed by atoms with E-state index in [1.54, 1.807) is 0 Å². The number of hydrogen-bond donors (Lipinski definition) is 0. The van der Waals surface area contributed by atoms with E-state index in [2.05, 4.69) is 400 Å². The molecule has 20 aromatic carbocycles. The van der Waals surface area contributed by atoms with Crippen LogP contribution in [-0.4, -0.2) is 0 Å². The lowest BCUT2D eigenvalue weighted by Crippen LogP contribution is -2.01. The Labute approximate surface area is 696 Å². The molecule has 570 valence electrons. The zero-order valence-corrected chi connectivity index (χ0v) is 65.8. The van der Waals surface area contributed by atoms with Gasteiger partial charge in [-0.15, -0.1) is 0 Å². The van der Waals surface area contributed by atoms with Crippen LogP contribution in [0.2, 0.25) is 0 Å². The standard InChI is InChI=1S/C114H78O6/c1-7-19-97-85(13-1)49-55-103-109(97)110-98-20-8-2-14-86(98)50-56-104(110)116-68-74-27-39-80(40-28-74)92-63-95-66-96(64-92)84-47-35-78(36-48-84)72-120-108-60-54-90-18-6-12-24-102(90)114(108)112-100-22-10-4-16-88(100)52-58-106(112)118-70-76-31-43-82(44-32-76)94-62-91(79-37-25-73(26-38-79)67-115-103)61-93(65-94)81-41-29-75(30-42-81)69-117-105-57-51-87-15-3-9-21-99(87)111(105)113-101-23-11-5-17-89(101)53-59-107(113)119-71-77-33-45-83(95)46-34-77/h1-66H,67-72H2. The summed E-state index contributed by atoms with van der Waals surface area (Å²) in [4.78, 5) is 0. The second-order valence-electron chi connectivity index (χ2n) is 31.5. The number of benzene rings is 20. The Hall–Kier alpha value is -15.2. The third-order valence-electron chi connectivity index (χ3n) is 24.1. The average Bonchev–Trinajstić information content (AvgIpc) is 0.757. The molecule has 0 atom stereocenters. The summed E-state index contributed by atoms with van der Waals surface area (Å²) in [6, 6.07) is 144. The topological polar surface area (TPSA) is 55.4 Å². The summed E-state index contributed by atoms with van der Waals surface area (Å²) in [5.41, 5.74) is 25.1. The fraction of sp³-hybridized carbons (Fsp3) is 0.0526. The second-order valence-corrected chi connectivity index (χ2v) is 31.5. The van der Waals surface area contributed by atoms with E-state index in [0.29, 0.717) is 39.6 Å². The Kier molecular flexibility index (Phi) is 18.3. The highest BCUT2D eigenvalue weighted by atomic mass is 16.5. The molecule has 0 saturated heterocycles. The Morgan fingerprint density at radius 1 is 0.125 bits per heavy atom. The molecule has 6 nitrogen and oxygen atoms in total. The molecule has 0 radical (unpaired) electrons. The lowest BCUT2D eigenvalue weighted by atomic mass is 9.92. The van der Waals surface area contributed by atoms with E-state index in [-0.39, 0.29) is 0 Å². The quantitative estimate of drug-likeness (QED) is 0.151. The van der Waals surface area contributed by atoms with Gasteiger partial charge in [0, 0.05) is 33.4 Å². The lowest BCUT2D eigenvalue weighted by molar-refractivity contribution is 0.303. The molecular weight excluding hydrogens is 1470 g/mol. The monoisotopic (exact) mass is 1540 g/mol. The van der Waals surface area contributed by atoms with E-state index in [9.17, 15) is 0 Å². The molecule has 0 aromatic heterocycles. The fourth-order valence-electron chi connectivity index (χ4n) is 17.8. The van der Waals surface area contributed by atoms with Crippen LogP contribution in [0.5, 0.6) is 34.5 Å². The first-order valence-electron chi connectivity index (χ1n) is 41.1. The lowest BCUT2D eigenvalue weighted by Gasteiger charge is -2.20. The molecule has 0 aliphatic carbocycles. The number of fused-ring (bicyclic) bond motifs is 6. The van der Waals surface area contributed by atoms with Crippen molar-refractivity contribution < 1.29 is 28.4 Å². The van der Waals surface area contributed by atoms with Crippen LogP contribution in [0.15, 0.2) is 400 Å². The van der Waals surface area contributed by atoms with E-state index in [0.717, 1.165) is 233 Å². The molecule has 0 fully saturated rings. The smallest absolute Gasteiger partial charge is 0.128 e. The predicted molar refractivity (Wildman–Crippen MR) is 492 cm³/mol. The molecule has 120 heavy (non-hydrogen) atoms. The molecule has 0 amide bonds. The van der Waals surface area contributed by atoms with E-state index in [1.165, 1.54) is 0 Å². The van der Waals surface area contributed by atoms with Crippen LogP contribution in [0.1, 0.15) is 33.4 Å². The van der Waals surface area contributed by atoms with Crippen molar-refractivity contribution in [3.05, 3.63) is 434 Å². The fourth-order valence-corrected chi connectivity index (χ4v) is 17.8. The average molecular weight is 1540 g/mol. The van der Waals surface area contributed by atoms with Gasteiger partial charge in [0.25, 0.3) is 0 Å². The summed E-state index contributed by atoms with van der Waals surface area (Å²) < 4.78 is 42.9. The third kappa shape index (κ3) is 13.7. The van der Waals surface area contributed by atoms with Crippen molar-refractivity contribution in [3.63, 3.8) is 0 Å². The van der Waals surface area contributed by atoms with Crippen LogP contribution in [-0.2, 0) is 39.6 Å². The molecule has 0 N–H and O–H groups in total. The largest absolute Gasteiger partial charge is 0.488 e. The van der Waals surface area contributed by atoms with Crippen LogP contribution in [0.25, 0.3) is 165 Å². The summed E-state index contributed by atoms with van der Waals surface area (Å²) in [5, 5.41) is 13.1. The van der Waals surface area contributed by atoms with Crippen molar-refractivity contribution >= 4 is 64.6 Å². The molecular formula is C114H78O6. The Bertz CT molecular complexity index is 6190. The van der Waals surface area contributed by atoms with Crippen molar-refractivity contribution in [1.82, 2.24) is 0 Å². The van der Waals surface area contributed by atoms with Crippen molar-refractivity contribution in [2.24, 2.45) is 0 Å². The van der Waals surface area contributed by atoms with Crippen LogP contribution >= 0.6 is 0 Å². The Morgan fingerprint density at radius 2 is 0.267 bits per heavy atom. The highest BCUT2D eigenvalue weighted by Crippen LogP contribution is 2.51. The maximum Gasteiger partial charge on any atom is 0.128 e. The van der Waals surface area contributed by atoms with Gasteiger partial charge in [-0.05, 0) is 238 Å². The minimum atomic E-state index is 0.334.